The quantitative estimate of drug-likeness (QED) is 0.845. The van der Waals surface area contributed by atoms with Gasteiger partial charge in [0.25, 0.3) is 11.1 Å². The Morgan fingerprint density at radius 2 is 2.29 bits per heavy atom. The maximum atomic E-state index is 11.7. The Bertz CT molecular complexity index is 867. The van der Waals surface area contributed by atoms with Gasteiger partial charge in [0.15, 0.2) is 0 Å². The number of nitrogens with one attached hydrogen (secondary N) is 1. The number of hydrogen-bond acceptors (Lipinski definition) is 7. The first-order valence-corrected chi connectivity index (χ1v) is 8.92. The van der Waals surface area contributed by atoms with Crippen molar-refractivity contribution in [2.75, 3.05) is 17.1 Å². The minimum Gasteiger partial charge on any atom is -0.439 e. The van der Waals surface area contributed by atoms with E-state index in [0.717, 1.165) is 34.6 Å². The molecule has 0 spiro atoms. The van der Waals surface area contributed by atoms with E-state index in [1.807, 2.05) is 46.8 Å². The van der Waals surface area contributed by atoms with Crippen LogP contribution in [-0.4, -0.2) is 18.2 Å². The molecule has 4 heterocycles. The van der Waals surface area contributed by atoms with E-state index < -0.39 is 0 Å². The molecule has 2 aromatic heterocycles. The number of anilines is 2. The third kappa shape index (κ3) is 2.63. The first-order chi connectivity index (χ1) is 11.6. The van der Waals surface area contributed by atoms with E-state index in [-0.39, 0.29) is 11.1 Å². The molecule has 0 atom stereocenters. The zero-order valence-electron chi connectivity index (χ0n) is 12.7. The molecule has 0 aromatic carbocycles. The number of rotatable bonds is 3. The van der Waals surface area contributed by atoms with E-state index in [4.69, 9.17) is 4.42 Å². The Hall–Kier alpha value is -2.45. The van der Waals surface area contributed by atoms with Gasteiger partial charge in [-0.2, -0.15) is 0 Å². The molecule has 0 bridgehead atoms. The number of amides is 2. The topological polar surface area (TPSA) is 65.8 Å². The van der Waals surface area contributed by atoms with Crippen LogP contribution in [0.1, 0.15) is 11.3 Å². The molecular weight excluding hydrogens is 346 g/mol. The SMILES string of the molecule is CN(c1cccs1)N1C=CCc2cc(/C=C3\SC(=O)NC3=O)oc21. The van der Waals surface area contributed by atoms with Crippen molar-refractivity contribution >= 4 is 51.2 Å². The van der Waals surface area contributed by atoms with E-state index in [2.05, 4.69) is 11.4 Å². The molecule has 2 aromatic rings. The van der Waals surface area contributed by atoms with Crippen LogP contribution in [0.15, 0.2) is 45.2 Å². The fraction of sp³-hybridized carbons (Fsp3) is 0.125. The predicted molar refractivity (Wildman–Crippen MR) is 95.9 cm³/mol. The average Bonchev–Trinajstić information content (AvgIpc) is 3.27. The number of thioether (sulfide) groups is 1. The summed E-state index contributed by atoms with van der Waals surface area (Å²) in [4.78, 5) is 23.3. The largest absolute Gasteiger partial charge is 0.439 e. The molecule has 8 heteroatoms. The van der Waals surface area contributed by atoms with Crippen molar-refractivity contribution in [2.45, 2.75) is 6.42 Å². The van der Waals surface area contributed by atoms with E-state index in [1.165, 1.54) is 0 Å². The van der Waals surface area contributed by atoms with Gasteiger partial charge in [-0.3, -0.25) is 19.9 Å². The van der Waals surface area contributed by atoms with Crippen LogP contribution in [0.2, 0.25) is 0 Å². The molecule has 2 amide bonds. The average molecular weight is 359 g/mol. The summed E-state index contributed by atoms with van der Waals surface area (Å²) in [5.41, 5.74) is 1.03. The second-order valence-corrected chi connectivity index (χ2v) is 7.18. The highest BCUT2D eigenvalue weighted by Gasteiger charge is 2.27. The number of nitrogens with zero attached hydrogens (tertiary/aromatic N) is 2. The summed E-state index contributed by atoms with van der Waals surface area (Å²) in [6, 6.07) is 5.93. The number of imide groups is 1. The molecule has 6 nitrogen and oxygen atoms in total. The van der Waals surface area contributed by atoms with E-state index in [9.17, 15) is 9.59 Å². The standard InChI is InChI=1S/C16H13N3O3S2/c1-18(13-5-3-7-23-13)19-6-2-4-10-8-11(22-15(10)19)9-12-14(20)17-16(21)24-12/h2-3,5-9H,4H2,1H3,(H,17,20,21)/b12-9-. The normalized spacial score (nSPS) is 18.2. The van der Waals surface area contributed by atoms with Crippen LogP contribution in [0.4, 0.5) is 15.7 Å². The molecule has 24 heavy (non-hydrogen) atoms. The Morgan fingerprint density at radius 3 is 3.00 bits per heavy atom. The zero-order chi connectivity index (χ0) is 16.7. The minimum atomic E-state index is -0.384. The van der Waals surface area contributed by atoms with Crippen molar-refractivity contribution in [1.29, 1.82) is 0 Å². The predicted octanol–water partition coefficient (Wildman–Crippen LogP) is 3.59. The van der Waals surface area contributed by atoms with Crippen molar-refractivity contribution < 1.29 is 14.0 Å². The summed E-state index contributed by atoms with van der Waals surface area (Å²) >= 11 is 2.52. The lowest BCUT2D eigenvalue weighted by molar-refractivity contribution is -0.115. The van der Waals surface area contributed by atoms with Gasteiger partial charge in [-0.25, -0.2) is 5.01 Å². The number of furan rings is 1. The van der Waals surface area contributed by atoms with Crippen LogP contribution >= 0.6 is 23.1 Å². The number of fused-ring (bicyclic) bond motifs is 1. The second kappa shape index (κ2) is 5.88. The highest BCUT2D eigenvalue weighted by molar-refractivity contribution is 8.18. The van der Waals surface area contributed by atoms with Gasteiger partial charge in [-0.1, -0.05) is 6.08 Å². The van der Waals surface area contributed by atoms with Crippen LogP contribution in [0.3, 0.4) is 0 Å². The Kier molecular flexibility index (Phi) is 3.70. The number of hydrogen-bond donors (Lipinski definition) is 1. The van der Waals surface area contributed by atoms with Crippen molar-refractivity contribution in [2.24, 2.45) is 0 Å². The van der Waals surface area contributed by atoms with Crippen LogP contribution in [0.25, 0.3) is 6.08 Å². The van der Waals surface area contributed by atoms with Crippen molar-refractivity contribution in [3.8, 4) is 0 Å². The first-order valence-electron chi connectivity index (χ1n) is 7.22. The van der Waals surface area contributed by atoms with Crippen LogP contribution in [0, 0.1) is 0 Å². The Morgan fingerprint density at radius 1 is 1.42 bits per heavy atom. The van der Waals surface area contributed by atoms with Crippen molar-refractivity contribution in [3.63, 3.8) is 0 Å². The summed E-state index contributed by atoms with van der Waals surface area (Å²) in [5.74, 6) is 0.890. The fourth-order valence-corrected chi connectivity index (χ4v) is 3.90. The van der Waals surface area contributed by atoms with Crippen LogP contribution in [-0.2, 0) is 11.2 Å². The Balaban J connectivity index is 1.65. The number of thiophene rings is 1. The molecule has 0 saturated carbocycles. The summed E-state index contributed by atoms with van der Waals surface area (Å²) < 4.78 is 5.94. The first kappa shape index (κ1) is 15.1. The van der Waals surface area contributed by atoms with Crippen LogP contribution in [0.5, 0.6) is 0 Å². The molecule has 122 valence electrons. The molecule has 2 aliphatic heterocycles. The maximum absolute atomic E-state index is 11.7. The van der Waals surface area contributed by atoms with E-state index in [0.29, 0.717) is 10.7 Å². The minimum absolute atomic E-state index is 0.345. The summed E-state index contributed by atoms with van der Waals surface area (Å²) in [5, 5.41) is 8.91. The van der Waals surface area contributed by atoms with Gasteiger partial charge in [0.05, 0.1) is 4.91 Å². The number of hydrazine groups is 1. The summed E-state index contributed by atoms with van der Waals surface area (Å²) in [6.45, 7) is 0. The molecule has 1 N–H and O–H groups in total. The van der Waals surface area contributed by atoms with Gasteiger partial charge in [-0.15, -0.1) is 11.3 Å². The highest BCUT2D eigenvalue weighted by atomic mass is 32.2. The number of carbonyl (C=O) groups excluding carboxylic acids is 2. The van der Waals surface area contributed by atoms with Gasteiger partial charge in [-0.05, 0) is 41.8 Å². The monoisotopic (exact) mass is 359 g/mol. The molecule has 4 rings (SSSR count). The van der Waals surface area contributed by atoms with Crippen molar-refractivity contribution in [3.05, 3.63) is 52.1 Å². The number of carbonyl (C=O) groups is 2. The van der Waals surface area contributed by atoms with Gasteiger partial charge in [0.2, 0.25) is 5.88 Å². The maximum Gasteiger partial charge on any atom is 0.290 e. The van der Waals surface area contributed by atoms with Gasteiger partial charge in [0, 0.05) is 24.9 Å². The molecule has 0 radical (unpaired) electrons. The van der Waals surface area contributed by atoms with Gasteiger partial charge >= 0.3 is 0 Å². The zero-order valence-corrected chi connectivity index (χ0v) is 14.3. The molecule has 2 aliphatic rings. The summed E-state index contributed by atoms with van der Waals surface area (Å²) in [7, 11) is 1.96. The molecule has 1 fully saturated rings. The Labute approximate surface area is 146 Å². The lowest BCUT2D eigenvalue weighted by Gasteiger charge is -2.31. The third-order valence-corrected chi connectivity index (χ3v) is 5.41. The fourth-order valence-electron chi connectivity index (χ4n) is 2.55. The lowest BCUT2D eigenvalue weighted by Crippen LogP contribution is -2.36. The molecular formula is C16H13N3O3S2. The molecule has 1 saturated heterocycles. The van der Waals surface area contributed by atoms with Crippen LogP contribution < -0.4 is 15.3 Å². The van der Waals surface area contributed by atoms with Crippen molar-refractivity contribution in [1.82, 2.24) is 5.32 Å². The van der Waals surface area contributed by atoms with Gasteiger partial charge < -0.3 is 4.42 Å². The van der Waals surface area contributed by atoms with E-state index in [1.54, 1.807) is 17.4 Å². The van der Waals surface area contributed by atoms with E-state index >= 15 is 0 Å². The second-order valence-electron chi connectivity index (χ2n) is 5.24. The smallest absolute Gasteiger partial charge is 0.290 e. The highest BCUT2D eigenvalue weighted by Crippen LogP contribution is 2.35. The number of allylic oxidation sites excluding steroid dienone is 1. The third-order valence-electron chi connectivity index (χ3n) is 3.66. The lowest BCUT2D eigenvalue weighted by atomic mass is 10.1. The molecule has 0 unspecified atom stereocenters. The molecule has 0 aliphatic carbocycles. The summed E-state index contributed by atoms with van der Waals surface area (Å²) in [6.07, 6.45) is 6.38. The van der Waals surface area contributed by atoms with Gasteiger partial charge in [0.1, 0.15) is 10.8 Å².